The first-order chi connectivity index (χ1) is 12.5. The highest BCUT2D eigenvalue weighted by atomic mass is 35.5. The van der Waals surface area contributed by atoms with Crippen LogP contribution in [0.4, 0.5) is 5.95 Å². The Morgan fingerprint density at radius 2 is 1.92 bits per heavy atom. The Morgan fingerprint density at radius 1 is 1.15 bits per heavy atom. The van der Waals surface area contributed by atoms with Crippen LogP contribution in [0.3, 0.4) is 0 Å². The summed E-state index contributed by atoms with van der Waals surface area (Å²) in [6.07, 6.45) is 0. The van der Waals surface area contributed by atoms with Crippen molar-refractivity contribution >= 4 is 46.6 Å². The van der Waals surface area contributed by atoms with Gasteiger partial charge in [-0.3, -0.25) is 0 Å². The summed E-state index contributed by atoms with van der Waals surface area (Å²) in [4.78, 5) is 0. The van der Waals surface area contributed by atoms with Crippen LogP contribution < -0.4 is 11.3 Å². The van der Waals surface area contributed by atoms with Gasteiger partial charge in [-0.2, -0.15) is 5.10 Å². The first kappa shape index (κ1) is 18.6. The van der Waals surface area contributed by atoms with Crippen molar-refractivity contribution in [2.45, 2.75) is 17.8 Å². The Morgan fingerprint density at radius 3 is 2.65 bits per heavy atom. The molecule has 26 heavy (non-hydrogen) atoms. The van der Waals surface area contributed by atoms with E-state index in [4.69, 9.17) is 29.0 Å². The fourth-order valence-corrected chi connectivity index (χ4v) is 3.23. The van der Waals surface area contributed by atoms with E-state index in [0.717, 1.165) is 16.8 Å². The molecule has 0 amide bonds. The predicted molar refractivity (Wildman–Crippen MR) is 108 cm³/mol. The van der Waals surface area contributed by atoms with Crippen LogP contribution in [0, 0.1) is 0 Å². The second kappa shape index (κ2) is 8.44. The van der Waals surface area contributed by atoms with Gasteiger partial charge in [0.15, 0.2) is 0 Å². The van der Waals surface area contributed by atoms with Gasteiger partial charge in [0.1, 0.15) is 0 Å². The van der Waals surface area contributed by atoms with E-state index >= 15 is 0 Å². The molecule has 0 fully saturated rings. The molecule has 2 aromatic carbocycles. The average Bonchev–Trinajstić information content (AvgIpc) is 3.01. The third kappa shape index (κ3) is 4.49. The third-order valence-corrected chi connectivity index (χ3v) is 5.28. The van der Waals surface area contributed by atoms with Gasteiger partial charge in [-0.05, 0) is 30.2 Å². The zero-order valence-electron chi connectivity index (χ0n) is 13.9. The van der Waals surface area contributed by atoms with Crippen molar-refractivity contribution < 1.29 is 0 Å². The van der Waals surface area contributed by atoms with E-state index in [0.29, 0.717) is 26.9 Å². The van der Waals surface area contributed by atoms with Crippen LogP contribution in [-0.4, -0.2) is 20.6 Å². The molecule has 0 saturated heterocycles. The van der Waals surface area contributed by atoms with Gasteiger partial charge in [0.2, 0.25) is 5.16 Å². The number of nitrogens with zero attached hydrogens (tertiary/aromatic N) is 4. The number of hydrogen-bond donors (Lipinski definition) is 2. The molecule has 0 aliphatic rings. The van der Waals surface area contributed by atoms with Crippen molar-refractivity contribution in [1.29, 1.82) is 0 Å². The van der Waals surface area contributed by atoms with Gasteiger partial charge in [-0.25, -0.2) is 10.1 Å². The number of nitrogens with two attached hydrogens (primary N) is 1. The van der Waals surface area contributed by atoms with Crippen molar-refractivity contribution in [3.8, 4) is 0 Å². The topological polar surface area (TPSA) is 81.1 Å². The molecule has 3 rings (SSSR count). The highest BCUT2D eigenvalue weighted by Gasteiger charge is 2.10. The maximum atomic E-state index is 6.04. The molecule has 134 valence electrons. The normalized spacial score (nSPS) is 11.6. The van der Waals surface area contributed by atoms with E-state index < -0.39 is 0 Å². The number of hydrogen-bond acceptors (Lipinski definition) is 6. The molecule has 0 bridgehead atoms. The number of halogens is 2. The molecule has 6 nitrogen and oxygen atoms in total. The third-order valence-electron chi connectivity index (χ3n) is 3.53. The summed E-state index contributed by atoms with van der Waals surface area (Å²) in [5.41, 5.74) is 5.69. The van der Waals surface area contributed by atoms with E-state index in [2.05, 4.69) is 20.7 Å². The highest BCUT2D eigenvalue weighted by Crippen LogP contribution is 2.27. The monoisotopic (exact) mass is 406 g/mol. The fourth-order valence-electron chi connectivity index (χ4n) is 2.11. The van der Waals surface area contributed by atoms with Crippen LogP contribution in [0.25, 0.3) is 0 Å². The average molecular weight is 407 g/mol. The van der Waals surface area contributed by atoms with E-state index in [-0.39, 0.29) is 0 Å². The summed E-state index contributed by atoms with van der Waals surface area (Å²) >= 11 is 13.4. The molecule has 3 N–H and O–H groups in total. The second-order valence-electron chi connectivity index (χ2n) is 5.39. The SMILES string of the molecule is C/C(=N\Nc1nnc(SCc2ccc(Cl)c(Cl)c2)n1N)c1ccccc1. The lowest BCUT2D eigenvalue weighted by atomic mass is 10.1. The molecular weight excluding hydrogens is 391 g/mol. The molecule has 1 heterocycles. The maximum Gasteiger partial charge on any atom is 0.264 e. The van der Waals surface area contributed by atoms with Crippen LogP contribution in [-0.2, 0) is 5.75 Å². The number of anilines is 1. The van der Waals surface area contributed by atoms with Gasteiger partial charge < -0.3 is 5.84 Å². The Labute approximate surface area is 165 Å². The summed E-state index contributed by atoms with van der Waals surface area (Å²) < 4.78 is 1.37. The smallest absolute Gasteiger partial charge is 0.264 e. The van der Waals surface area contributed by atoms with Crippen molar-refractivity contribution in [2.24, 2.45) is 5.10 Å². The van der Waals surface area contributed by atoms with E-state index in [1.54, 1.807) is 6.07 Å². The molecular formula is C17H16Cl2N6S. The van der Waals surface area contributed by atoms with Gasteiger partial charge in [0, 0.05) is 5.75 Å². The second-order valence-corrected chi connectivity index (χ2v) is 7.15. The number of rotatable bonds is 6. The van der Waals surface area contributed by atoms with E-state index in [1.165, 1.54) is 16.4 Å². The standard InChI is InChI=1S/C17H16Cl2N6S/c1-11(13-5-3-2-4-6-13)21-22-16-23-24-17(25(16)20)26-10-12-7-8-14(18)15(19)9-12/h2-9H,10,20H2,1H3,(H,22,23)/b21-11+. The van der Waals surface area contributed by atoms with Crippen LogP contribution >= 0.6 is 35.0 Å². The lowest BCUT2D eigenvalue weighted by molar-refractivity contribution is 0.846. The Hall–Kier alpha value is -2.22. The van der Waals surface area contributed by atoms with Crippen LogP contribution in [0.2, 0.25) is 10.0 Å². The Balaban J connectivity index is 1.65. The van der Waals surface area contributed by atoms with Gasteiger partial charge in [-0.1, -0.05) is 71.4 Å². The molecule has 9 heteroatoms. The first-order valence-electron chi connectivity index (χ1n) is 7.67. The fraction of sp³-hybridized carbons (Fsp3) is 0.118. The summed E-state index contributed by atoms with van der Waals surface area (Å²) in [6.45, 7) is 1.90. The molecule has 0 radical (unpaired) electrons. The van der Waals surface area contributed by atoms with E-state index in [9.17, 15) is 0 Å². The molecule has 0 saturated carbocycles. The van der Waals surface area contributed by atoms with Crippen molar-refractivity contribution in [3.05, 3.63) is 69.7 Å². The Bertz CT molecular complexity index is 926. The minimum Gasteiger partial charge on any atom is -0.334 e. The van der Waals surface area contributed by atoms with Crippen molar-refractivity contribution in [3.63, 3.8) is 0 Å². The van der Waals surface area contributed by atoms with E-state index in [1.807, 2.05) is 49.4 Å². The number of thioether (sulfide) groups is 1. The highest BCUT2D eigenvalue weighted by molar-refractivity contribution is 7.98. The quantitative estimate of drug-likeness (QED) is 0.274. The number of hydrazone groups is 1. The first-order valence-corrected chi connectivity index (χ1v) is 9.41. The Kier molecular flexibility index (Phi) is 6.03. The maximum absolute atomic E-state index is 6.04. The zero-order valence-corrected chi connectivity index (χ0v) is 16.2. The van der Waals surface area contributed by atoms with Crippen LogP contribution in [0.5, 0.6) is 0 Å². The molecule has 0 atom stereocenters. The molecule has 0 aliphatic carbocycles. The number of aromatic nitrogens is 3. The summed E-state index contributed by atoms with van der Waals surface area (Å²) in [7, 11) is 0. The minimum atomic E-state index is 0.358. The van der Waals surface area contributed by atoms with Gasteiger partial charge in [0.25, 0.3) is 5.95 Å². The largest absolute Gasteiger partial charge is 0.334 e. The summed E-state index contributed by atoms with van der Waals surface area (Å²) in [5, 5.41) is 14.0. The van der Waals surface area contributed by atoms with Crippen molar-refractivity contribution in [2.75, 3.05) is 11.3 Å². The molecule has 1 aromatic heterocycles. The predicted octanol–water partition coefficient (Wildman–Crippen LogP) is 4.43. The number of nitrogen functional groups attached to an aromatic ring is 1. The minimum absolute atomic E-state index is 0.358. The van der Waals surface area contributed by atoms with Crippen LogP contribution in [0.1, 0.15) is 18.1 Å². The zero-order chi connectivity index (χ0) is 18.5. The molecule has 0 unspecified atom stereocenters. The molecule has 3 aromatic rings. The van der Waals surface area contributed by atoms with Gasteiger partial charge in [0.05, 0.1) is 15.8 Å². The van der Waals surface area contributed by atoms with Gasteiger partial charge in [-0.15, -0.1) is 10.2 Å². The number of nitrogens with one attached hydrogen (secondary N) is 1. The molecule has 0 spiro atoms. The summed E-state index contributed by atoms with van der Waals surface area (Å²) in [5.74, 6) is 7.03. The lowest BCUT2D eigenvalue weighted by Gasteiger charge is -2.05. The van der Waals surface area contributed by atoms with Crippen molar-refractivity contribution in [1.82, 2.24) is 14.9 Å². The van der Waals surface area contributed by atoms with Crippen LogP contribution in [0.15, 0.2) is 58.8 Å². The molecule has 0 aliphatic heterocycles. The van der Waals surface area contributed by atoms with Gasteiger partial charge >= 0.3 is 0 Å². The lowest BCUT2D eigenvalue weighted by Crippen LogP contribution is -2.13. The summed E-state index contributed by atoms with van der Waals surface area (Å²) in [6, 6.07) is 15.3. The number of benzene rings is 2.